The van der Waals surface area contributed by atoms with Gasteiger partial charge in [0.2, 0.25) is 0 Å². The van der Waals surface area contributed by atoms with Crippen molar-refractivity contribution in [2.45, 2.75) is 19.0 Å². The van der Waals surface area contributed by atoms with Crippen molar-refractivity contribution < 1.29 is 4.42 Å². The van der Waals surface area contributed by atoms with E-state index in [2.05, 4.69) is 108 Å². The van der Waals surface area contributed by atoms with Gasteiger partial charge >= 0.3 is 0 Å². The molecule has 0 spiro atoms. The molecule has 7 aromatic rings. The maximum absolute atomic E-state index is 6.33. The van der Waals surface area contributed by atoms with Crippen molar-refractivity contribution in [3.8, 4) is 0 Å². The normalized spacial score (nSPS) is 16.5. The zero-order valence-corrected chi connectivity index (χ0v) is 25.6. The van der Waals surface area contributed by atoms with Crippen LogP contribution in [0.25, 0.3) is 49.1 Å². The number of hydrogen-bond donors (Lipinski definition) is 1. The van der Waals surface area contributed by atoms with Crippen molar-refractivity contribution in [2.75, 3.05) is 0 Å². The second kappa shape index (κ2) is 10.9. The van der Waals surface area contributed by atoms with Crippen molar-refractivity contribution in [3.05, 3.63) is 161 Å². The summed E-state index contributed by atoms with van der Waals surface area (Å²) in [7, 11) is 0. The summed E-state index contributed by atoms with van der Waals surface area (Å²) in [5.74, 6) is 1.43. The molecule has 1 atom stereocenters. The van der Waals surface area contributed by atoms with Gasteiger partial charge in [0.15, 0.2) is 5.84 Å². The second-order valence-electron chi connectivity index (χ2n) is 11.9. The molecular formula is C41H28ClN3O. The number of furan rings is 1. The lowest BCUT2D eigenvalue weighted by Gasteiger charge is -2.24. The molecule has 0 fully saturated rings. The van der Waals surface area contributed by atoms with Crippen LogP contribution in [0, 0.1) is 0 Å². The SMILES string of the molecule is Clc1ccc2c(c1)oc1cccc(C3=NC(c4ccc5ccccc5c4)NC(c4ccc5ccc(C6=CCCC=C6)cc5c4)=N3)c12. The van der Waals surface area contributed by atoms with Gasteiger partial charge in [-0.1, -0.05) is 103 Å². The number of allylic oxidation sites excluding steroid dienone is 4. The number of benzene rings is 6. The summed E-state index contributed by atoms with van der Waals surface area (Å²) in [4.78, 5) is 10.4. The predicted octanol–water partition coefficient (Wildman–Crippen LogP) is 10.8. The number of nitrogens with zero attached hydrogens (tertiary/aromatic N) is 2. The van der Waals surface area contributed by atoms with Crippen molar-refractivity contribution in [1.82, 2.24) is 5.32 Å². The molecule has 0 amide bonds. The van der Waals surface area contributed by atoms with Crippen LogP contribution in [0.2, 0.25) is 5.02 Å². The van der Waals surface area contributed by atoms with E-state index in [1.807, 2.05) is 30.3 Å². The van der Waals surface area contributed by atoms with Crippen LogP contribution in [0.1, 0.15) is 41.3 Å². The number of hydrogen-bond acceptors (Lipinski definition) is 4. The van der Waals surface area contributed by atoms with Gasteiger partial charge in [-0.05, 0) is 87.5 Å². The van der Waals surface area contributed by atoms with Gasteiger partial charge < -0.3 is 9.73 Å². The Hall–Kier alpha value is -5.45. The highest BCUT2D eigenvalue weighted by Crippen LogP contribution is 2.35. The molecule has 0 saturated carbocycles. The third kappa shape index (κ3) is 4.70. The van der Waals surface area contributed by atoms with E-state index in [4.69, 9.17) is 26.0 Å². The van der Waals surface area contributed by atoms with Crippen LogP contribution in [-0.4, -0.2) is 11.7 Å². The fraction of sp³-hybridized carbons (Fsp3) is 0.0732. The molecular weight excluding hydrogens is 586 g/mol. The van der Waals surface area contributed by atoms with Crippen LogP contribution < -0.4 is 5.32 Å². The van der Waals surface area contributed by atoms with Crippen LogP contribution in [-0.2, 0) is 0 Å². The van der Waals surface area contributed by atoms with Gasteiger partial charge in [0.05, 0.1) is 0 Å². The Morgan fingerprint density at radius 1 is 0.696 bits per heavy atom. The number of rotatable bonds is 4. The molecule has 1 aliphatic carbocycles. The Labute approximate surface area is 271 Å². The van der Waals surface area contributed by atoms with Crippen LogP contribution in [0.3, 0.4) is 0 Å². The number of amidine groups is 2. The minimum atomic E-state index is -0.338. The number of aliphatic imine (C=N–C) groups is 2. The second-order valence-corrected chi connectivity index (χ2v) is 12.3. The first-order valence-electron chi connectivity index (χ1n) is 15.6. The Morgan fingerprint density at radius 2 is 1.52 bits per heavy atom. The molecule has 2 aliphatic rings. The molecule has 2 heterocycles. The first kappa shape index (κ1) is 26.9. The molecule has 5 heteroatoms. The summed E-state index contributed by atoms with van der Waals surface area (Å²) < 4.78 is 6.23. The molecule has 1 aliphatic heterocycles. The van der Waals surface area contributed by atoms with E-state index in [1.54, 1.807) is 0 Å². The van der Waals surface area contributed by atoms with E-state index < -0.39 is 0 Å². The van der Waals surface area contributed by atoms with E-state index in [1.165, 1.54) is 32.7 Å². The Bertz CT molecular complexity index is 2480. The molecule has 1 unspecified atom stereocenters. The smallest absolute Gasteiger partial charge is 0.160 e. The maximum atomic E-state index is 6.33. The molecule has 4 nitrogen and oxygen atoms in total. The van der Waals surface area contributed by atoms with E-state index in [9.17, 15) is 0 Å². The molecule has 0 saturated heterocycles. The van der Waals surface area contributed by atoms with E-state index >= 15 is 0 Å². The molecule has 6 aromatic carbocycles. The van der Waals surface area contributed by atoms with Crippen molar-refractivity contribution in [2.24, 2.45) is 9.98 Å². The number of halogens is 1. The minimum Gasteiger partial charge on any atom is -0.456 e. The molecule has 9 rings (SSSR count). The average molecular weight is 614 g/mol. The monoisotopic (exact) mass is 613 g/mol. The molecule has 0 bridgehead atoms. The number of nitrogens with one attached hydrogen (secondary N) is 1. The topological polar surface area (TPSA) is 49.9 Å². The highest BCUT2D eigenvalue weighted by molar-refractivity contribution is 6.31. The summed E-state index contributed by atoms with van der Waals surface area (Å²) in [6, 6.07) is 40.0. The quantitative estimate of drug-likeness (QED) is 0.215. The average Bonchev–Trinajstić information content (AvgIpc) is 3.49. The summed E-state index contributed by atoms with van der Waals surface area (Å²) >= 11 is 6.33. The predicted molar refractivity (Wildman–Crippen MR) is 192 cm³/mol. The standard InChI is InChI=1S/C41H28ClN3O/c42-33-19-20-34-37(24-33)46-36-12-6-11-35(38(34)36)41-44-39(30-17-14-26-9-4-5-10-28(26)21-30)43-40(45-41)31-18-15-27-13-16-29(22-32(27)23-31)25-7-2-1-3-8-25/h2,4-24,39H,1,3H2,(H,43,44,45). The highest BCUT2D eigenvalue weighted by Gasteiger charge is 2.24. The largest absolute Gasteiger partial charge is 0.456 e. The lowest BCUT2D eigenvalue weighted by molar-refractivity contribution is 0.668. The van der Waals surface area contributed by atoms with Crippen molar-refractivity contribution in [1.29, 1.82) is 0 Å². The molecule has 1 aromatic heterocycles. The zero-order valence-electron chi connectivity index (χ0n) is 24.9. The van der Waals surface area contributed by atoms with Crippen LogP contribution in [0.15, 0.2) is 148 Å². The summed E-state index contributed by atoms with van der Waals surface area (Å²) in [5.41, 5.74) is 7.02. The fourth-order valence-electron chi connectivity index (χ4n) is 6.65. The fourth-order valence-corrected chi connectivity index (χ4v) is 6.81. The molecule has 46 heavy (non-hydrogen) atoms. The Balaban J connectivity index is 1.21. The van der Waals surface area contributed by atoms with Gasteiger partial charge in [0.1, 0.15) is 23.2 Å². The van der Waals surface area contributed by atoms with Crippen LogP contribution in [0.5, 0.6) is 0 Å². The Kier molecular flexibility index (Phi) is 6.36. The summed E-state index contributed by atoms with van der Waals surface area (Å²) in [5, 5.41) is 11.0. The third-order valence-corrected chi connectivity index (χ3v) is 9.21. The van der Waals surface area contributed by atoms with Gasteiger partial charge in [-0.15, -0.1) is 0 Å². The molecule has 220 valence electrons. The highest BCUT2D eigenvalue weighted by atomic mass is 35.5. The van der Waals surface area contributed by atoms with Crippen LogP contribution in [0.4, 0.5) is 0 Å². The van der Waals surface area contributed by atoms with E-state index in [-0.39, 0.29) is 6.17 Å². The first-order valence-corrected chi connectivity index (χ1v) is 16.0. The molecule has 0 radical (unpaired) electrons. The van der Waals surface area contributed by atoms with Gasteiger partial charge in [0.25, 0.3) is 0 Å². The summed E-state index contributed by atoms with van der Waals surface area (Å²) in [6.45, 7) is 0. The summed E-state index contributed by atoms with van der Waals surface area (Å²) in [6.07, 6.45) is 8.65. The van der Waals surface area contributed by atoms with Gasteiger partial charge in [-0.2, -0.15) is 0 Å². The third-order valence-electron chi connectivity index (χ3n) is 8.97. The van der Waals surface area contributed by atoms with Crippen molar-refractivity contribution in [3.63, 3.8) is 0 Å². The maximum Gasteiger partial charge on any atom is 0.160 e. The van der Waals surface area contributed by atoms with Crippen LogP contribution >= 0.6 is 11.6 Å². The van der Waals surface area contributed by atoms with Gasteiger partial charge in [0, 0.05) is 33.0 Å². The van der Waals surface area contributed by atoms with E-state index in [0.29, 0.717) is 10.9 Å². The zero-order chi connectivity index (χ0) is 30.6. The first-order chi connectivity index (χ1) is 22.7. The minimum absolute atomic E-state index is 0.338. The molecule has 1 N–H and O–H groups in total. The number of fused-ring (bicyclic) bond motifs is 5. The van der Waals surface area contributed by atoms with Gasteiger partial charge in [-0.3, -0.25) is 0 Å². The van der Waals surface area contributed by atoms with E-state index in [0.717, 1.165) is 57.3 Å². The van der Waals surface area contributed by atoms with Crippen molar-refractivity contribution >= 4 is 72.3 Å². The van der Waals surface area contributed by atoms with Gasteiger partial charge in [-0.25, -0.2) is 9.98 Å². The Morgan fingerprint density at radius 3 is 2.41 bits per heavy atom. The lowest BCUT2D eigenvalue weighted by Crippen LogP contribution is -2.33. The lowest BCUT2D eigenvalue weighted by atomic mass is 9.96.